The molecule has 1 aliphatic heterocycles. The Morgan fingerprint density at radius 1 is 1.25 bits per heavy atom. The van der Waals surface area contributed by atoms with Crippen molar-refractivity contribution in [2.45, 2.75) is 13.8 Å². The summed E-state index contributed by atoms with van der Waals surface area (Å²) in [5.74, 6) is 0.166. The molecule has 0 fully saturated rings. The van der Waals surface area contributed by atoms with Crippen molar-refractivity contribution in [2.24, 2.45) is 0 Å². The van der Waals surface area contributed by atoms with E-state index in [1.54, 1.807) is 12.1 Å². The van der Waals surface area contributed by atoms with E-state index in [-0.39, 0.29) is 25.0 Å². The quantitative estimate of drug-likeness (QED) is 0.752. The highest BCUT2D eigenvalue weighted by molar-refractivity contribution is 14.1. The molecule has 1 N–H and O–H groups in total. The molecule has 2 amide bonds. The lowest BCUT2D eigenvalue weighted by molar-refractivity contribution is -0.123. The van der Waals surface area contributed by atoms with Gasteiger partial charge in [0.1, 0.15) is 12.3 Å². The van der Waals surface area contributed by atoms with Gasteiger partial charge in [-0.1, -0.05) is 12.1 Å². The molecule has 0 unspecified atom stereocenters. The molecule has 5 nitrogen and oxygen atoms in total. The number of nitrogens with one attached hydrogen (secondary N) is 1. The van der Waals surface area contributed by atoms with Crippen LogP contribution in [-0.2, 0) is 9.59 Å². The first-order chi connectivity index (χ1) is 11.5. The van der Waals surface area contributed by atoms with Crippen LogP contribution in [0.4, 0.5) is 11.4 Å². The maximum Gasteiger partial charge on any atom is 0.265 e. The van der Waals surface area contributed by atoms with E-state index in [1.165, 1.54) is 4.90 Å². The minimum absolute atomic E-state index is 0.0376. The first-order valence-electron chi connectivity index (χ1n) is 7.54. The Balaban J connectivity index is 1.80. The highest BCUT2D eigenvalue weighted by atomic mass is 127. The first kappa shape index (κ1) is 16.8. The third-order valence-corrected chi connectivity index (χ3v) is 4.49. The molecule has 0 bridgehead atoms. The number of hydrogen-bond donors (Lipinski definition) is 1. The van der Waals surface area contributed by atoms with Crippen LogP contribution in [0.1, 0.15) is 11.1 Å². The lowest BCUT2D eigenvalue weighted by Crippen LogP contribution is -2.43. The maximum atomic E-state index is 12.5. The van der Waals surface area contributed by atoms with Gasteiger partial charge < -0.3 is 10.1 Å². The average molecular weight is 436 g/mol. The van der Waals surface area contributed by atoms with Crippen molar-refractivity contribution in [1.29, 1.82) is 0 Å². The Morgan fingerprint density at radius 3 is 2.62 bits per heavy atom. The number of carbonyl (C=O) groups is 2. The van der Waals surface area contributed by atoms with E-state index in [0.717, 1.165) is 20.4 Å². The average Bonchev–Trinajstić information content (AvgIpc) is 2.53. The van der Waals surface area contributed by atoms with Gasteiger partial charge in [-0.15, -0.1) is 0 Å². The molecule has 0 aliphatic carbocycles. The number of aryl methyl sites for hydroxylation is 2. The Hall–Kier alpha value is -2.09. The fourth-order valence-corrected chi connectivity index (χ4v) is 3.69. The van der Waals surface area contributed by atoms with Crippen LogP contribution in [0.5, 0.6) is 5.75 Å². The molecule has 1 heterocycles. The Kier molecular flexibility index (Phi) is 4.75. The summed E-state index contributed by atoms with van der Waals surface area (Å²) in [6.45, 7) is 3.83. The van der Waals surface area contributed by atoms with Gasteiger partial charge in [-0.25, -0.2) is 0 Å². The first-order valence-corrected chi connectivity index (χ1v) is 8.62. The molecular formula is C18H17IN2O3. The van der Waals surface area contributed by atoms with Gasteiger partial charge in [-0.2, -0.15) is 0 Å². The van der Waals surface area contributed by atoms with Gasteiger partial charge in [0, 0.05) is 9.26 Å². The smallest absolute Gasteiger partial charge is 0.265 e. The van der Waals surface area contributed by atoms with E-state index in [0.29, 0.717) is 11.4 Å². The van der Waals surface area contributed by atoms with Crippen molar-refractivity contribution in [2.75, 3.05) is 23.4 Å². The van der Waals surface area contributed by atoms with Gasteiger partial charge >= 0.3 is 0 Å². The molecule has 2 aromatic carbocycles. The number of halogens is 1. The zero-order chi connectivity index (χ0) is 17.3. The zero-order valence-corrected chi connectivity index (χ0v) is 15.6. The third kappa shape index (κ3) is 3.38. The van der Waals surface area contributed by atoms with Crippen LogP contribution < -0.4 is 15.0 Å². The predicted octanol–water partition coefficient (Wildman–Crippen LogP) is 3.27. The summed E-state index contributed by atoms with van der Waals surface area (Å²) < 4.78 is 6.52. The van der Waals surface area contributed by atoms with Crippen LogP contribution in [0, 0.1) is 17.4 Å². The zero-order valence-electron chi connectivity index (χ0n) is 13.4. The molecule has 1 aliphatic rings. The summed E-state index contributed by atoms with van der Waals surface area (Å²) in [5, 5.41) is 2.93. The monoisotopic (exact) mass is 436 g/mol. The summed E-state index contributed by atoms with van der Waals surface area (Å²) in [6, 6.07) is 11.3. The van der Waals surface area contributed by atoms with Gasteiger partial charge in [0.15, 0.2) is 6.61 Å². The van der Waals surface area contributed by atoms with E-state index >= 15 is 0 Å². The van der Waals surface area contributed by atoms with Crippen molar-refractivity contribution in [3.05, 3.63) is 51.1 Å². The normalized spacial score (nSPS) is 13.3. The molecule has 0 saturated heterocycles. The largest absolute Gasteiger partial charge is 0.482 e. The Labute approximate surface area is 154 Å². The summed E-state index contributed by atoms with van der Waals surface area (Å²) in [6.07, 6.45) is 0. The summed E-state index contributed by atoms with van der Waals surface area (Å²) in [4.78, 5) is 26.1. The molecule has 6 heteroatoms. The Bertz CT molecular complexity index is 797. The standard InChI is InChI=1S/C18H17IN2O3/c1-11-7-13(19)8-12(2)18(11)20-16(22)9-21-14-5-3-4-6-15(14)24-10-17(21)23/h3-8H,9-10H2,1-2H3,(H,20,22). The van der Waals surface area contributed by atoms with Crippen LogP contribution >= 0.6 is 22.6 Å². The van der Waals surface area contributed by atoms with Crippen molar-refractivity contribution in [3.63, 3.8) is 0 Å². The lowest BCUT2D eigenvalue weighted by atomic mass is 10.1. The number of nitrogens with zero attached hydrogens (tertiary/aromatic N) is 1. The molecule has 2 aromatic rings. The number of amides is 2. The summed E-state index contributed by atoms with van der Waals surface area (Å²) >= 11 is 2.25. The fourth-order valence-electron chi connectivity index (χ4n) is 2.76. The maximum absolute atomic E-state index is 12.5. The van der Waals surface area contributed by atoms with Crippen LogP contribution in [0.15, 0.2) is 36.4 Å². The minimum Gasteiger partial charge on any atom is -0.482 e. The number of para-hydroxylation sites is 2. The van der Waals surface area contributed by atoms with Crippen LogP contribution in [0.25, 0.3) is 0 Å². The SMILES string of the molecule is Cc1cc(I)cc(C)c1NC(=O)CN1C(=O)COc2ccccc21. The Morgan fingerprint density at radius 2 is 1.92 bits per heavy atom. The second-order valence-corrected chi connectivity index (χ2v) is 6.94. The van der Waals surface area contributed by atoms with E-state index < -0.39 is 0 Å². The van der Waals surface area contributed by atoms with Crippen molar-refractivity contribution < 1.29 is 14.3 Å². The predicted molar refractivity (Wildman–Crippen MR) is 102 cm³/mol. The van der Waals surface area contributed by atoms with E-state index in [9.17, 15) is 9.59 Å². The van der Waals surface area contributed by atoms with Crippen molar-refractivity contribution >= 4 is 45.8 Å². The van der Waals surface area contributed by atoms with Gasteiger partial charge in [0.05, 0.1) is 5.69 Å². The highest BCUT2D eigenvalue weighted by Gasteiger charge is 2.27. The van der Waals surface area contributed by atoms with Crippen LogP contribution in [0.3, 0.4) is 0 Å². The summed E-state index contributed by atoms with van der Waals surface area (Å²) in [7, 11) is 0. The molecule has 0 aromatic heterocycles. The van der Waals surface area contributed by atoms with Gasteiger partial charge in [-0.3, -0.25) is 14.5 Å². The van der Waals surface area contributed by atoms with Gasteiger partial charge in [0.2, 0.25) is 5.91 Å². The number of rotatable bonds is 3. The highest BCUT2D eigenvalue weighted by Crippen LogP contribution is 2.31. The molecule has 0 spiro atoms. The van der Waals surface area contributed by atoms with E-state index in [4.69, 9.17) is 4.74 Å². The number of hydrogen-bond acceptors (Lipinski definition) is 3. The fraction of sp³-hybridized carbons (Fsp3) is 0.222. The van der Waals surface area contributed by atoms with Crippen molar-refractivity contribution in [3.8, 4) is 5.75 Å². The second-order valence-electron chi connectivity index (χ2n) is 5.70. The van der Waals surface area contributed by atoms with Crippen molar-refractivity contribution in [1.82, 2.24) is 0 Å². The lowest BCUT2D eigenvalue weighted by Gasteiger charge is -2.28. The number of fused-ring (bicyclic) bond motifs is 1. The van der Waals surface area contributed by atoms with Gasteiger partial charge in [-0.05, 0) is 71.8 Å². The van der Waals surface area contributed by atoms with Crippen LogP contribution in [-0.4, -0.2) is 25.0 Å². The minimum atomic E-state index is -0.229. The van der Waals surface area contributed by atoms with E-state index in [2.05, 4.69) is 27.9 Å². The molecule has 0 atom stereocenters. The number of ether oxygens (including phenoxy) is 1. The molecular weight excluding hydrogens is 419 g/mol. The summed E-state index contributed by atoms with van der Waals surface area (Å²) in [5.41, 5.74) is 3.43. The van der Waals surface area contributed by atoms with Gasteiger partial charge in [0.25, 0.3) is 5.91 Å². The number of carbonyl (C=O) groups excluding carboxylic acids is 2. The molecule has 124 valence electrons. The third-order valence-electron chi connectivity index (χ3n) is 3.87. The second kappa shape index (κ2) is 6.80. The molecule has 0 saturated carbocycles. The van der Waals surface area contributed by atoms with Crippen LogP contribution in [0.2, 0.25) is 0 Å². The molecule has 0 radical (unpaired) electrons. The topological polar surface area (TPSA) is 58.6 Å². The molecule has 24 heavy (non-hydrogen) atoms. The van der Waals surface area contributed by atoms with E-state index in [1.807, 2.05) is 38.1 Å². The molecule has 3 rings (SSSR count). The number of benzene rings is 2. The number of anilines is 2.